The van der Waals surface area contributed by atoms with Crippen molar-refractivity contribution in [3.63, 3.8) is 0 Å². The lowest BCUT2D eigenvalue weighted by atomic mass is 10.1. The average Bonchev–Trinajstić information content (AvgIpc) is 3.35. The van der Waals surface area contributed by atoms with E-state index in [0.717, 1.165) is 30.4 Å². The van der Waals surface area contributed by atoms with E-state index in [1.807, 2.05) is 12.1 Å². The van der Waals surface area contributed by atoms with Gasteiger partial charge in [0, 0.05) is 29.1 Å². The zero-order valence-electron chi connectivity index (χ0n) is 14.9. The second-order valence-electron chi connectivity index (χ2n) is 6.82. The lowest BCUT2D eigenvalue weighted by molar-refractivity contribution is 0.120. The number of halogens is 2. The van der Waals surface area contributed by atoms with E-state index in [4.69, 9.17) is 21.3 Å². The van der Waals surface area contributed by atoms with Gasteiger partial charge in [0.1, 0.15) is 17.3 Å². The normalized spacial score (nSPS) is 16.9. The Morgan fingerprint density at radius 3 is 3.00 bits per heavy atom. The highest BCUT2D eigenvalue weighted by Crippen LogP contribution is 2.30. The van der Waals surface area contributed by atoms with E-state index in [2.05, 4.69) is 15.6 Å². The molecule has 0 radical (unpaired) electrons. The summed E-state index contributed by atoms with van der Waals surface area (Å²) < 4.78 is 21.1. The summed E-state index contributed by atoms with van der Waals surface area (Å²) >= 11 is 6.22. The molecule has 1 aliphatic heterocycles. The molecular formula is C20H17ClFN5O. The van der Waals surface area contributed by atoms with E-state index in [-0.39, 0.29) is 11.9 Å². The minimum Gasteiger partial charge on any atom is -0.376 e. The fourth-order valence-electron chi connectivity index (χ4n) is 3.56. The van der Waals surface area contributed by atoms with E-state index < -0.39 is 0 Å². The molecule has 8 heteroatoms. The van der Waals surface area contributed by atoms with Gasteiger partial charge in [-0.15, -0.1) is 5.10 Å². The molecule has 2 aromatic heterocycles. The van der Waals surface area contributed by atoms with Crippen LogP contribution in [0.4, 0.5) is 10.2 Å². The van der Waals surface area contributed by atoms with E-state index >= 15 is 0 Å². The summed E-state index contributed by atoms with van der Waals surface area (Å²) in [5.74, 6) is 0.350. The maximum atomic E-state index is 13.7. The molecule has 1 N–H and O–H groups in total. The lowest BCUT2D eigenvalue weighted by Crippen LogP contribution is -2.19. The Hall–Kier alpha value is -2.77. The van der Waals surface area contributed by atoms with Gasteiger partial charge in [0.2, 0.25) is 0 Å². The molecule has 5 rings (SSSR count). The molecule has 2 aromatic carbocycles. The molecule has 1 aliphatic rings. The number of rotatable bonds is 4. The van der Waals surface area contributed by atoms with Gasteiger partial charge in [-0.1, -0.05) is 28.9 Å². The Balaban J connectivity index is 1.66. The van der Waals surface area contributed by atoms with Crippen molar-refractivity contribution < 1.29 is 9.13 Å². The third-order valence-electron chi connectivity index (χ3n) is 4.93. The third-order valence-corrected chi connectivity index (χ3v) is 5.16. The highest BCUT2D eigenvalue weighted by Gasteiger charge is 2.19. The van der Waals surface area contributed by atoms with Crippen molar-refractivity contribution in [1.82, 2.24) is 19.8 Å². The van der Waals surface area contributed by atoms with E-state index in [0.29, 0.717) is 34.3 Å². The van der Waals surface area contributed by atoms with Gasteiger partial charge in [0.15, 0.2) is 5.65 Å². The zero-order chi connectivity index (χ0) is 19.1. The first-order valence-electron chi connectivity index (χ1n) is 9.15. The monoisotopic (exact) mass is 397 g/mol. The number of benzene rings is 2. The first kappa shape index (κ1) is 17.3. The molecule has 0 spiro atoms. The van der Waals surface area contributed by atoms with Crippen LogP contribution in [0.25, 0.3) is 27.8 Å². The molecule has 0 unspecified atom stereocenters. The maximum absolute atomic E-state index is 13.7. The predicted octanol–water partition coefficient (Wildman–Crippen LogP) is 4.33. The van der Waals surface area contributed by atoms with E-state index in [9.17, 15) is 4.39 Å². The molecule has 0 aliphatic carbocycles. The summed E-state index contributed by atoms with van der Waals surface area (Å²) in [5.41, 5.74) is 2.52. The Kier molecular flexibility index (Phi) is 4.33. The molecule has 1 fully saturated rings. The summed E-state index contributed by atoms with van der Waals surface area (Å²) in [6.07, 6.45) is 2.26. The summed E-state index contributed by atoms with van der Waals surface area (Å²) in [7, 11) is 0. The Morgan fingerprint density at radius 2 is 2.18 bits per heavy atom. The molecule has 142 valence electrons. The first-order chi connectivity index (χ1) is 13.7. The molecule has 28 heavy (non-hydrogen) atoms. The van der Waals surface area contributed by atoms with Gasteiger partial charge < -0.3 is 10.1 Å². The zero-order valence-corrected chi connectivity index (χ0v) is 15.7. The summed E-state index contributed by atoms with van der Waals surface area (Å²) in [4.78, 5) is 4.76. The summed E-state index contributed by atoms with van der Waals surface area (Å²) in [6.45, 7) is 1.45. The largest absolute Gasteiger partial charge is 0.376 e. The topological polar surface area (TPSA) is 64.3 Å². The molecule has 1 atom stereocenters. The van der Waals surface area contributed by atoms with Crippen molar-refractivity contribution in [1.29, 1.82) is 0 Å². The van der Waals surface area contributed by atoms with Gasteiger partial charge in [-0.3, -0.25) is 0 Å². The van der Waals surface area contributed by atoms with E-state index in [1.54, 1.807) is 22.7 Å². The molecule has 0 saturated carbocycles. The van der Waals surface area contributed by atoms with Crippen LogP contribution in [0.2, 0.25) is 5.02 Å². The highest BCUT2D eigenvalue weighted by molar-refractivity contribution is 6.31. The van der Waals surface area contributed by atoms with Crippen molar-refractivity contribution in [2.75, 3.05) is 18.5 Å². The van der Waals surface area contributed by atoms with Crippen molar-refractivity contribution in [2.24, 2.45) is 0 Å². The number of anilines is 1. The fraction of sp³-hybridized carbons (Fsp3) is 0.250. The second kappa shape index (κ2) is 7.00. The molecule has 0 amide bonds. The summed E-state index contributed by atoms with van der Waals surface area (Å²) in [5, 5.41) is 13.3. The van der Waals surface area contributed by atoms with Crippen molar-refractivity contribution >= 4 is 34.0 Å². The van der Waals surface area contributed by atoms with Crippen molar-refractivity contribution in [3.05, 3.63) is 53.3 Å². The lowest BCUT2D eigenvalue weighted by Gasteiger charge is -2.14. The number of hydrogen-bond donors (Lipinski definition) is 1. The van der Waals surface area contributed by atoms with Crippen LogP contribution >= 0.6 is 11.6 Å². The average molecular weight is 398 g/mol. The van der Waals surface area contributed by atoms with Crippen LogP contribution in [-0.2, 0) is 4.74 Å². The van der Waals surface area contributed by atoms with Gasteiger partial charge in [0.25, 0.3) is 0 Å². The van der Waals surface area contributed by atoms with Crippen LogP contribution in [0.5, 0.6) is 0 Å². The standard InChI is InChI=1S/C20H17ClFN5O/c21-13-6-7-17-16(10-13)19(23-11-15-5-2-8-28-15)24-20-18(25-26-27(17)20)12-3-1-4-14(22)9-12/h1,3-4,6-7,9-10,15H,2,5,8,11H2,(H,23,24)/t15-/m1/s1. The second-order valence-corrected chi connectivity index (χ2v) is 7.26. The molecule has 3 heterocycles. The van der Waals surface area contributed by atoms with Crippen LogP contribution in [0.3, 0.4) is 0 Å². The number of nitrogens with zero attached hydrogens (tertiary/aromatic N) is 4. The number of hydrogen-bond acceptors (Lipinski definition) is 5. The minimum atomic E-state index is -0.331. The summed E-state index contributed by atoms with van der Waals surface area (Å²) in [6, 6.07) is 11.8. The SMILES string of the molecule is Fc1cccc(-c2nnn3c2nc(NC[C@H]2CCCO2)c2cc(Cl)ccc23)c1. The maximum Gasteiger partial charge on any atom is 0.186 e. The molecule has 0 bridgehead atoms. The third kappa shape index (κ3) is 3.06. The molecular weight excluding hydrogens is 381 g/mol. The Labute approximate surface area is 165 Å². The van der Waals surface area contributed by atoms with Crippen LogP contribution in [0.1, 0.15) is 12.8 Å². The van der Waals surface area contributed by atoms with Gasteiger partial charge in [0.05, 0.1) is 11.6 Å². The van der Waals surface area contributed by atoms with Gasteiger partial charge >= 0.3 is 0 Å². The van der Waals surface area contributed by atoms with Gasteiger partial charge in [-0.2, -0.15) is 4.52 Å². The van der Waals surface area contributed by atoms with Crippen molar-refractivity contribution in [3.8, 4) is 11.3 Å². The fourth-order valence-corrected chi connectivity index (χ4v) is 3.73. The van der Waals surface area contributed by atoms with Crippen LogP contribution < -0.4 is 5.32 Å². The smallest absolute Gasteiger partial charge is 0.186 e. The van der Waals surface area contributed by atoms with Crippen molar-refractivity contribution in [2.45, 2.75) is 18.9 Å². The van der Waals surface area contributed by atoms with Crippen LogP contribution in [0, 0.1) is 5.82 Å². The quantitative estimate of drug-likeness (QED) is 0.555. The number of aromatic nitrogens is 4. The van der Waals surface area contributed by atoms with E-state index in [1.165, 1.54) is 12.1 Å². The highest BCUT2D eigenvalue weighted by atomic mass is 35.5. The van der Waals surface area contributed by atoms with Gasteiger partial charge in [-0.25, -0.2) is 9.37 Å². The number of fused-ring (bicyclic) bond motifs is 3. The van der Waals surface area contributed by atoms with Crippen LogP contribution in [0.15, 0.2) is 42.5 Å². The number of nitrogens with one attached hydrogen (secondary N) is 1. The molecule has 4 aromatic rings. The first-order valence-corrected chi connectivity index (χ1v) is 9.53. The molecule has 6 nitrogen and oxygen atoms in total. The predicted molar refractivity (Wildman–Crippen MR) is 106 cm³/mol. The van der Waals surface area contributed by atoms with Crippen LogP contribution in [-0.4, -0.2) is 39.1 Å². The Bertz CT molecular complexity index is 1170. The molecule has 1 saturated heterocycles. The Morgan fingerprint density at radius 1 is 1.25 bits per heavy atom. The minimum absolute atomic E-state index is 0.165. The van der Waals surface area contributed by atoms with Gasteiger partial charge in [-0.05, 0) is 43.2 Å². The number of ether oxygens (including phenoxy) is 1.